The Kier molecular flexibility index (Phi) is 5.67. The number of aromatic nitrogens is 2. The third-order valence-electron chi connectivity index (χ3n) is 5.08. The second-order valence-electron chi connectivity index (χ2n) is 6.89. The van der Waals surface area contributed by atoms with Gasteiger partial charge in [0.25, 0.3) is 0 Å². The zero-order valence-corrected chi connectivity index (χ0v) is 18.9. The maximum absolute atomic E-state index is 13.0. The topological polar surface area (TPSA) is 75.0 Å². The minimum Gasteiger partial charge on any atom is -0.548 e. The Hall–Kier alpha value is -1.05. The Morgan fingerprint density at radius 1 is 1.30 bits per heavy atom. The molecule has 1 aromatic carbocycles. The number of pyridine rings is 2. The molecule has 0 atom stereocenters. The molecule has 0 bridgehead atoms. The molecule has 5 nitrogen and oxygen atoms in total. The second kappa shape index (κ2) is 7.41. The third-order valence-corrected chi connectivity index (χ3v) is 6.33. The van der Waals surface area contributed by atoms with E-state index in [0.717, 1.165) is 18.5 Å². The largest absolute Gasteiger partial charge is 1.00 e. The summed E-state index contributed by atoms with van der Waals surface area (Å²) in [5, 5.41) is 12.7. The summed E-state index contributed by atoms with van der Waals surface area (Å²) in [6.45, 7) is 1.72. The van der Waals surface area contributed by atoms with E-state index in [-0.39, 0.29) is 40.4 Å². The standard InChI is InChI=1S/C19H17ClN2O3S.Na/c1-19(7-8-19)13-6-4-11-16(25)10-3-5-12(20)17(26-2)15(10)22(9-14(23)24)18(11)21-13;/h3-6H,7-9H2,1-2H3,(H,23,24);/q;+1/p-1. The fraction of sp³-hybridized carbons (Fsp3) is 0.316. The smallest absolute Gasteiger partial charge is 0.548 e. The van der Waals surface area contributed by atoms with Gasteiger partial charge in [0.1, 0.15) is 5.65 Å². The quantitative estimate of drug-likeness (QED) is 0.336. The first kappa shape index (κ1) is 20.7. The van der Waals surface area contributed by atoms with Crippen molar-refractivity contribution in [3.8, 4) is 0 Å². The van der Waals surface area contributed by atoms with Crippen molar-refractivity contribution in [3.63, 3.8) is 0 Å². The molecule has 2 heterocycles. The summed E-state index contributed by atoms with van der Waals surface area (Å²) in [4.78, 5) is 29.8. The van der Waals surface area contributed by atoms with Gasteiger partial charge in [0, 0.05) is 16.5 Å². The Balaban J connectivity index is 0.00000210. The van der Waals surface area contributed by atoms with Crippen LogP contribution < -0.4 is 40.1 Å². The molecule has 0 radical (unpaired) electrons. The molecule has 0 unspecified atom stereocenters. The van der Waals surface area contributed by atoms with Gasteiger partial charge in [-0.1, -0.05) is 18.5 Å². The molecule has 1 fully saturated rings. The average Bonchev–Trinajstić information content (AvgIpc) is 3.36. The van der Waals surface area contributed by atoms with Gasteiger partial charge in [-0.2, -0.15) is 0 Å². The van der Waals surface area contributed by atoms with Crippen LogP contribution >= 0.6 is 23.4 Å². The number of fused-ring (bicyclic) bond motifs is 2. The van der Waals surface area contributed by atoms with Crippen LogP contribution in [-0.4, -0.2) is 21.8 Å². The molecule has 4 rings (SSSR count). The number of rotatable bonds is 4. The van der Waals surface area contributed by atoms with Crippen molar-refractivity contribution in [1.82, 2.24) is 9.55 Å². The van der Waals surface area contributed by atoms with Crippen LogP contribution in [0.4, 0.5) is 0 Å². The minimum absolute atomic E-state index is 0. The Labute approximate surface area is 187 Å². The van der Waals surface area contributed by atoms with Gasteiger partial charge in [-0.05, 0) is 43.4 Å². The Bertz CT molecular complexity index is 1140. The van der Waals surface area contributed by atoms with E-state index < -0.39 is 12.5 Å². The predicted molar refractivity (Wildman–Crippen MR) is 102 cm³/mol. The van der Waals surface area contributed by atoms with E-state index in [1.165, 1.54) is 11.8 Å². The SMILES string of the molecule is CSc1c(Cl)ccc2c(=O)c3ccc(C4(C)CC4)nc3n(CC(=O)[O-])c12.[Na+]. The van der Waals surface area contributed by atoms with Crippen molar-refractivity contribution in [2.45, 2.75) is 36.6 Å². The molecular weight excluding hydrogens is 395 g/mol. The maximum atomic E-state index is 13.0. The summed E-state index contributed by atoms with van der Waals surface area (Å²) in [6.07, 6.45) is 3.91. The van der Waals surface area contributed by atoms with Gasteiger partial charge in [-0.3, -0.25) is 4.79 Å². The zero-order chi connectivity index (χ0) is 18.6. The van der Waals surface area contributed by atoms with Crippen molar-refractivity contribution in [3.05, 3.63) is 45.2 Å². The van der Waals surface area contributed by atoms with Gasteiger partial charge in [-0.25, -0.2) is 4.98 Å². The van der Waals surface area contributed by atoms with E-state index in [1.54, 1.807) is 22.8 Å². The number of carboxylic acid groups (broad SMARTS) is 1. The van der Waals surface area contributed by atoms with Gasteiger partial charge >= 0.3 is 29.6 Å². The number of carbonyl (C=O) groups is 1. The van der Waals surface area contributed by atoms with Crippen molar-refractivity contribution in [2.24, 2.45) is 0 Å². The number of aliphatic carboxylic acids is 1. The Morgan fingerprint density at radius 3 is 2.56 bits per heavy atom. The van der Waals surface area contributed by atoms with Gasteiger partial charge in [-0.15, -0.1) is 11.8 Å². The van der Waals surface area contributed by atoms with Crippen LogP contribution in [0.5, 0.6) is 0 Å². The van der Waals surface area contributed by atoms with Crippen LogP contribution in [0.2, 0.25) is 5.02 Å². The van der Waals surface area contributed by atoms with E-state index in [4.69, 9.17) is 16.6 Å². The molecule has 0 aliphatic heterocycles. The van der Waals surface area contributed by atoms with Crippen LogP contribution in [0.1, 0.15) is 25.5 Å². The van der Waals surface area contributed by atoms with Crippen LogP contribution in [0.25, 0.3) is 21.9 Å². The van der Waals surface area contributed by atoms with E-state index >= 15 is 0 Å². The van der Waals surface area contributed by atoms with Crippen molar-refractivity contribution in [2.75, 3.05) is 6.26 Å². The summed E-state index contributed by atoms with van der Waals surface area (Å²) >= 11 is 7.68. The zero-order valence-electron chi connectivity index (χ0n) is 15.3. The summed E-state index contributed by atoms with van der Waals surface area (Å²) in [5.74, 6) is -1.24. The molecule has 27 heavy (non-hydrogen) atoms. The van der Waals surface area contributed by atoms with E-state index in [2.05, 4.69) is 6.92 Å². The van der Waals surface area contributed by atoms with Crippen LogP contribution in [0.15, 0.2) is 34.0 Å². The summed E-state index contributed by atoms with van der Waals surface area (Å²) < 4.78 is 1.55. The molecule has 1 aliphatic carbocycles. The summed E-state index contributed by atoms with van der Waals surface area (Å²) in [5.41, 5.74) is 1.58. The molecule has 0 amide bonds. The van der Waals surface area contributed by atoms with Crippen molar-refractivity contribution < 1.29 is 39.5 Å². The number of carboxylic acids is 1. The average molecular weight is 411 g/mol. The minimum atomic E-state index is -1.24. The first-order valence-corrected chi connectivity index (χ1v) is 9.86. The monoisotopic (exact) mass is 410 g/mol. The van der Waals surface area contributed by atoms with Gasteiger partial charge in [0.05, 0.1) is 33.3 Å². The molecule has 0 spiro atoms. The molecule has 1 aliphatic rings. The number of hydrogen-bond acceptors (Lipinski definition) is 5. The summed E-state index contributed by atoms with van der Waals surface area (Å²) in [7, 11) is 0. The molecule has 0 saturated heterocycles. The van der Waals surface area contributed by atoms with Crippen LogP contribution in [-0.2, 0) is 16.8 Å². The predicted octanol–water partition coefficient (Wildman–Crippen LogP) is -0.270. The number of carbonyl (C=O) groups excluding carboxylic acids is 1. The Morgan fingerprint density at radius 2 is 1.96 bits per heavy atom. The molecule has 2 aromatic heterocycles. The van der Waals surface area contributed by atoms with Crippen molar-refractivity contribution in [1.29, 1.82) is 0 Å². The second-order valence-corrected chi connectivity index (χ2v) is 8.12. The molecule has 0 N–H and O–H groups in total. The van der Waals surface area contributed by atoms with Crippen LogP contribution in [0, 0.1) is 0 Å². The summed E-state index contributed by atoms with van der Waals surface area (Å²) in [6, 6.07) is 6.93. The first-order chi connectivity index (χ1) is 12.4. The normalized spacial score (nSPS) is 14.9. The van der Waals surface area contributed by atoms with Crippen molar-refractivity contribution >= 4 is 51.3 Å². The molecule has 8 heteroatoms. The van der Waals surface area contributed by atoms with Gasteiger partial charge in [0.15, 0.2) is 5.43 Å². The number of hydrogen-bond donors (Lipinski definition) is 0. The fourth-order valence-corrected chi connectivity index (χ4v) is 4.40. The van der Waals surface area contributed by atoms with Gasteiger partial charge < -0.3 is 14.5 Å². The number of benzene rings is 1. The maximum Gasteiger partial charge on any atom is 1.00 e. The van der Waals surface area contributed by atoms with Crippen LogP contribution in [0.3, 0.4) is 0 Å². The molecule has 134 valence electrons. The number of halogens is 1. The van der Waals surface area contributed by atoms with E-state index in [0.29, 0.717) is 31.9 Å². The third kappa shape index (κ3) is 3.42. The molecular formula is C19H16ClN2NaO3S. The molecule has 3 aromatic rings. The van der Waals surface area contributed by atoms with Gasteiger partial charge in [0.2, 0.25) is 0 Å². The van der Waals surface area contributed by atoms with E-state index in [9.17, 15) is 14.7 Å². The van der Waals surface area contributed by atoms with E-state index in [1.807, 2.05) is 12.3 Å². The number of thioether (sulfide) groups is 1. The first-order valence-electron chi connectivity index (χ1n) is 8.26. The number of nitrogens with zero attached hydrogens (tertiary/aromatic N) is 2. The fourth-order valence-electron chi connectivity index (χ4n) is 3.34. The molecule has 1 saturated carbocycles.